The van der Waals surface area contributed by atoms with Crippen molar-refractivity contribution in [3.63, 3.8) is 0 Å². The number of hydrogen-bond acceptors (Lipinski definition) is 1. The van der Waals surface area contributed by atoms with E-state index in [4.69, 9.17) is 5.73 Å². The fourth-order valence-corrected chi connectivity index (χ4v) is 4.93. The predicted molar refractivity (Wildman–Crippen MR) is 68.6 cm³/mol. The van der Waals surface area contributed by atoms with Crippen molar-refractivity contribution in [3.05, 3.63) is 35.9 Å². The van der Waals surface area contributed by atoms with Crippen LogP contribution in [0.5, 0.6) is 0 Å². The van der Waals surface area contributed by atoms with Gasteiger partial charge in [0.1, 0.15) is 0 Å². The van der Waals surface area contributed by atoms with Crippen LogP contribution in [0.3, 0.4) is 0 Å². The molecule has 82 valence electrons. The Balaban J connectivity index is 2.17. The van der Waals surface area contributed by atoms with E-state index >= 15 is 0 Å². The third-order valence-corrected chi connectivity index (χ3v) is 7.05. The SMILES string of the molecule is C[Si]1(C)CCC(N)(c2ccccc2)CC1. The van der Waals surface area contributed by atoms with Crippen LogP contribution in [0.15, 0.2) is 30.3 Å². The molecule has 1 aromatic rings. The van der Waals surface area contributed by atoms with E-state index < -0.39 is 8.07 Å². The highest BCUT2D eigenvalue weighted by Crippen LogP contribution is 2.39. The van der Waals surface area contributed by atoms with Crippen molar-refractivity contribution >= 4 is 8.07 Å². The van der Waals surface area contributed by atoms with Crippen LogP contribution in [-0.4, -0.2) is 8.07 Å². The number of rotatable bonds is 1. The maximum atomic E-state index is 6.52. The van der Waals surface area contributed by atoms with Gasteiger partial charge in [0, 0.05) is 13.6 Å². The van der Waals surface area contributed by atoms with Crippen molar-refractivity contribution in [2.45, 2.75) is 43.6 Å². The summed E-state index contributed by atoms with van der Waals surface area (Å²) in [5.41, 5.74) is 7.81. The van der Waals surface area contributed by atoms with Gasteiger partial charge in [-0.15, -0.1) is 0 Å². The van der Waals surface area contributed by atoms with E-state index in [2.05, 4.69) is 43.4 Å². The van der Waals surface area contributed by atoms with E-state index in [0.717, 1.165) is 0 Å². The third kappa shape index (κ3) is 2.32. The largest absolute Gasteiger partial charge is 0.321 e. The Kier molecular flexibility index (Phi) is 2.73. The number of nitrogens with two attached hydrogens (primary N) is 1. The van der Waals surface area contributed by atoms with Crippen molar-refractivity contribution in [1.82, 2.24) is 0 Å². The van der Waals surface area contributed by atoms with Gasteiger partial charge in [-0.2, -0.15) is 0 Å². The zero-order valence-electron chi connectivity index (χ0n) is 9.79. The van der Waals surface area contributed by atoms with Crippen molar-refractivity contribution in [2.75, 3.05) is 0 Å². The monoisotopic (exact) mass is 219 g/mol. The topological polar surface area (TPSA) is 26.0 Å². The quantitative estimate of drug-likeness (QED) is 0.720. The Labute approximate surface area is 93.7 Å². The molecule has 0 unspecified atom stereocenters. The van der Waals surface area contributed by atoms with Crippen molar-refractivity contribution in [1.29, 1.82) is 0 Å². The van der Waals surface area contributed by atoms with Gasteiger partial charge in [0.15, 0.2) is 0 Å². The average molecular weight is 219 g/mol. The van der Waals surface area contributed by atoms with E-state index in [-0.39, 0.29) is 5.54 Å². The molecular formula is C13H21NSi. The van der Waals surface area contributed by atoms with Crippen LogP contribution >= 0.6 is 0 Å². The lowest BCUT2D eigenvalue weighted by Gasteiger charge is -2.40. The Morgan fingerprint density at radius 3 is 2.13 bits per heavy atom. The van der Waals surface area contributed by atoms with Crippen LogP contribution in [-0.2, 0) is 5.54 Å². The maximum absolute atomic E-state index is 6.52. The standard InChI is InChI=1S/C13H21NSi/c1-15(2)10-8-13(14,9-11-15)12-6-4-3-5-7-12/h3-7H,8-11,14H2,1-2H3. The van der Waals surface area contributed by atoms with E-state index in [1.165, 1.54) is 30.5 Å². The van der Waals surface area contributed by atoms with Crippen molar-refractivity contribution in [3.8, 4) is 0 Å². The van der Waals surface area contributed by atoms with Gasteiger partial charge in [0.05, 0.1) is 0 Å². The number of benzene rings is 1. The Bertz CT molecular complexity index is 322. The molecule has 1 fully saturated rings. The molecule has 1 aliphatic rings. The summed E-state index contributed by atoms with van der Waals surface area (Å²) in [5, 5.41) is 0. The van der Waals surface area contributed by atoms with Crippen LogP contribution in [0.4, 0.5) is 0 Å². The lowest BCUT2D eigenvalue weighted by molar-refractivity contribution is 0.392. The second-order valence-corrected chi connectivity index (χ2v) is 11.0. The Morgan fingerprint density at radius 1 is 1.07 bits per heavy atom. The molecule has 0 spiro atoms. The zero-order valence-corrected chi connectivity index (χ0v) is 10.8. The summed E-state index contributed by atoms with van der Waals surface area (Å²) >= 11 is 0. The van der Waals surface area contributed by atoms with Crippen LogP contribution in [0.25, 0.3) is 0 Å². The molecule has 1 nitrogen and oxygen atoms in total. The fraction of sp³-hybridized carbons (Fsp3) is 0.538. The zero-order chi connectivity index (χ0) is 10.9. The van der Waals surface area contributed by atoms with Gasteiger partial charge in [0.25, 0.3) is 0 Å². The normalized spacial score (nSPS) is 23.7. The van der Waals surface area contributed by atoms with Gasteiger partial charge in [-0.25, -0.2) is 0 Å². The van der Waals surface area contributed by atoms with Crippen LogP contribution in [0.2, 0.25) is 25.2 Å². The minimum absolute atomic E-state index is 0.0379. The highest BCUT2D eigenvalue weighted by Gasteiger charge is 2.37. The second-order valence-electron chi connectivity index (χ2n) is 5.69. The van der Waals surface area contributed by atoms with Crippen LogP contribution in [0, 0.1) is 0 Å². The molecule has 2 rings (SSSR count). The summed E-state index contributed by atoms with van der Waals surface area (Å²) in [5.74, 6) is 0. The lowest BCUT2D eigenvalue weighted by Crippen LogP contribution is -2.45. The first kappa shape index (κ1) is 10.9. The molecule has 0 aromatic heterocycles. The van der Waals surface area contributed by atoms with Crippen molar-refractivity contribution in [2.24, 2.45) is 5.73 Å². The van der Waals surface area contributed by atoms with Crippen LogP contribution < -0.4 is 5.73 Å². The first-order valence-corrected chi connectivity index (χ1v) is 9.28. The van der Waals surface area contributed by atoms with Crippen molar-refractivity contribution < 1.29 is 0 Å². The van der Waals surface area contributed by atoms with E-state index in [1.807, 2.05) is 0 Å². The Hall–Kier alpha value is -0.603. The molecule has 0 atom stereocenters. The Morgan fingerprint density at radius 2 is 1.60 bits per heavy atom. The summed E-state index contributed by atoms with van der Waals surface area (Å²) in [6.07, 6.45) is 2.35. The van der Waals surface area contributed by atoms with E-state index in [1.54, 1.807) is 0 Å². The number of hydrogen-bond donors (Lipinski definition) is 1. The molecular weight excluding hydrogens is 198 g/mol. The van der Waals surface area contributed by atoms with Gasteiger partial charge < -0.3 is 5.73 Å². The maximum Gasteiger partial charge on any atom is 0.0475 e. The molecule has 0 aliphatic carbocycles. The molecule has 0 saturated carbocycles. The third-order valence-electron chi connectivity index (χ3n) is 3.84. The second kappa shape index (κ2) is 3.76. The minimum atomic E-state index is -0.892. The first-order valence-electron chi connectivity index (χ1n) is 5.86. The molecule has 0 radical (unpaired) electrons. The van der Waals surface area contributed by atoms with Gasteiger partial charge in [-0.1, -0.05) is 55.5 Å². The molecule has 1 saturated heterocycles. The highest BCUT2D eigenvalue weighted by molar-refractivity contribution is 6.77. The first-order chi connectivity index (χ1) is 7.02. The molecule has 1 heterocycles. The predicted octanol–water partition coefficient (Wildman–Crippen LogP) is 3.34. The molecule has 2 heteroatoms. The lowest BCUT2D eigenvalue weighted by atomic mass is 9.85. The molecule has 1 aromatic carbocycles. The summed E-state index contributed by atoms with van der Waals surface area (Å²) in [6.45, 7) is 4.97. The molecule has 2 N–H and O–H groups in total. The fourth-order valence-electron chi connectivity index (χ4n) is 2.43. The average Bonchev–Trinajstić information content (AvgIpc) is 2.24. The van der Waals surface area contributed by atoms with Gasteiger partial charge in [0.2, 0.25) is 0 Å². The van der Waals surface area contributed by atoms with E-state index in [9.17, 15) is 0 Å². The summed E-state index contributed by atoms with van der Waals surface area (Å²) in [4.78, 5) is 0. The summed E-state index contributed by atoms with van der Waals surface area (Å²) < 4.78 is 0. The minimum Gasteiger partial charge on any atom is -0.321 e. The molecule has 1 aliphatic heterocycles. The van der Waals surface area contributed by atoms with Gasteiger partial charge >= 0.3 is 0 Å². The highest BCUT2D eigenvalue weighted by atomic mass is 28.3. The van der Waals surface area contributed by atoms with Crippen LogP contribution in [0.1, 0.15) is 18.4 Å². The van der Waals surface area contributed by atoms with E-state index in [0.29, 0.717) is 0 Å². The van der Waals surface area contributed by atoms with Gasteiger partial charge in [-0.3, -0.25) is 0 Å². The molecule has 0 amide bonds. The molecule has 15 heavy (non-hydrogen) atoms. The summed E-state index contributed by atoms with van der Waals surface area (Å²) in [6, 6.07) is 13.4. The molecule has 0 bridgehead atoms. The smallest absolute Gasteiger partial charge is 0.0475 e. The summed E-state index contributed by atoms with van der Waals surface area (Å²) in [7, 11) is -0.892. The van der Waals surface area contributed by atoms with Gasteiger partial charge in [-0.05, 0) is 18.4 Å².